The van der Waals surface area contributed by atoms with Crippen LogP contribution in [-0.4, -0.2) is 11.9 Å². The predicted molar refractivity (Wildman–Crippen MR) is 72.5 cm³/mol. The fraction of sp³-hybridized carbons (Fsp3) is 0.533. The summed E-state index contributed by atoms with van der Waals surface area (Å²) in [5.41, 5.74) is 3.24. The summed E-state index contributed by atoms with van der Waals surface area (Å²) >= 11 is 0. The fourth-order valence-electron chi connectivity index (χ4n) is 1.73. The van der Waals surface area contributed by atoms with E-state index in [-0.39, 0.29) is 11.9 Å². The maximum Gasteiger partial charge on any atom is 0.251 e. The Bertz CT molecular complexity index is 394. The number of nitrogens with one attached hydrogen (secondary N) is 1. The molecule has 1 aromatic rings. The average Bonchev–Trinajstić information content (AvgIpc) is 2.27. The topological polar surface area (TPSA) is 29.1 Å². The number of aryl methyl sites for hydroxylation is 1. The van der Waals surface area contributed by atoms with E-state index < -0.39 is 0 Å². The standard InChI is InChI=1S/C15H23NO/c1-6-12-7-13(10(2)3)9-14(8-12)15(17)16-11(4)5/h7-11H,6H2,1-5H3,(H,16,17). The first-order valence-electron chi connectivity index (χ1n) is 6.38. The Kier molecular flexibility index (Phi) is 4.73. The lowest BCUT2D eigenvalue weighted by atomic mass is 9.96. The van der Waals surface area contributed by atoms with Gasteiger partial charge in [-0.1, -0.05) is 26.8 Å². The van der Waals surface area contributed by atoms with Crippen LogP contribution in [0.5, 0.6) is 0 Å². The highest BCUT2D eigenvalue weighted by atomic mass is 16.1. The van der Waals surface area contributed by atoms with Gasteiger partial charge in [0.15, 0.2) is 0 Å². The SMILES string of the molecule is CCc1cc(C(=O)NC(C)C)cc(C(C)C)c1. The zero-order valence-electron chi connectivity index (χ0n) is 11.5. The van der Waals surface area contributed by atoms with Gasteiger partial charge in [-0.2, -0.15) is 0 Å². The molecule has 0 fully saturated rings. The summed E-state index contributed by atoms with van der Waals surface area (Å²) in [5, 5.41) is 2.94. The summed E-state index contributed by atoms with van der Waals surface area (Å²) < 4.78 is 0. The fourth-order valence-corrected chi connectivity index (χ4v) is 1.73. The van der Waals surface area contributed by atoms with Crippen molar-refractivity contribution in [1.82, 2.24) is 5.32 Å². The number of benzene rings is 1. The van der Waals surface area contributed by atoms with Gasteiger partial charge in [0.05, 0.1) is 0 Å². The molecule has 0 unspecified atom stereocenters. The van der Waals surface area contributed by atoms with Gasteiger partial charge in [0, 0.05) is 11.6 Å². The molecule has 94 valence electrons. The van der Waals surface area contributed by atoms with Crippen LogP contribution >= 0.6 is 0 Å². The normalized spacial score (nSPS) is 11.0. The van der Waals surface area contributed by atoms with Gasteiger partial charge < -0.3 is 5.32 Å². The van der Waals surface area contributed by atoms with Gasteiger partial charge in [-0.05, 0) is 49.4 Å². The van der Waals surface area contributed by atoms with E-state index in [9.17, 15) is 4.79 Å². The van der Waals surface area contributed by atoms with Crippen molar-refractivity contribution < 1.29 is 4.79 Å². The summed E-state index contributed by atoms with van der Waals surface area (Å²) in [6, 6.07) is 6.36. The lowest BCUT2D eigenvalue weighted by Gasteiger charge is -2.13. The first-order valence-corrected chi connectivity index (χ1v) is 6.38. The van der Waals surface area contributed by atoms with Gasteiger partial charge in [0.2, 0.25) is 0 Å². The lowest BCUT2D eigenvalue weighted by Crippen LogP contribution is -2.30. The van der Waals surface area contributed by atoms with Crippen molar-refractivity contribution in [3.63, 3.8) is 0 Å². The van der Waals surface area contributed by atoms with Crippen molar-refractivity contribution in [3.8, 4) is 0 Å². The van der Waals surface area contributed by atoms with E-state index in [4.69, 9.17) is 0 Å². The van der Waals surface area contributed by atoms with E-state index in [1.54, 1.807) is 0 Å². The van der Waals surface area contributed by atoms with E-state index in [0.29, 0.717) is 5.92 Å². The van der Waals surface area contributed by atoms with Crippen LogP contribution in [0.25, 0.3) is 0 Å². The van der Waals surface area contributed by atoms with Crippen molar-refractivity contribution in [2.24, 2.45) is 0 Å². The lowest BCUT2D eigenvalue weighted by molar-refractivity contribution is 0.0943. The molecular weight excluding hydrogens is 210 g/mol. The van der Waals surface area contributed by atoms with Crippen LogP contribution in [0.15, 0.2) is 18.2 Å². The van der Waals surface area contributed by atoms with Gasteiger partial charge in [0.1, 0.15) is 0 Å². The average molecular weight is 233 g/mol. The van der Waals surface area contributed by atoms with Crippen LogP contribution in [0.2, 0.25) is 0 Å². The van der Waals surface area contributed by atoms with Crippen LogP contribution in [0.3, 0.4) is 0 Å². The van der Waals surface area contributed by atoms with Crippen molar-refractivity contribution in [3.05, 3.63) is 34.9 Å². The van der Waals surface area contributed by atoms with Gasteiger partial charge in [-0.15, -0.1) is 0 Å². The van der Waals surface area contributed by atoms with Crippen LogP contribution in [0, 0.1) is 0 Å². The maximum atomic E-state index is 12.0. The number of carbonyl (C=O) groups excluding carboxylic acids is 1. The molecule has 1 aromatic carbocycles. The third kappa shape index (κ3) is 3.88. The predicted octanol–water partition coefficient (Wildman–Crippen LogP) is 3.51. The van der Waals surface area contributed by atoms with E-state index in [0.717, 1.165) is 12.0 Å². The van der Waals surface area contributed by atoms with Crippen molar-refractivity contribution in [2.45, 2.75) is 53.0 Å². The highest BCUT2D eigenvalue weighted by molar-refractivity contribution is 5.94. The molecule has 0 spiro atoms. The van der Waals surface area contributed by atoms with Gasteiger partial charge in [-0.3, -0.25) is 4.79 Å². The zero-order valence-corrected chi connectivity index (χ0v) is 11.5. The summed E-state index contributed by atoms with van der Waals surface area (Å²) in [7, 11) is 0. The Balaban J connectivity index is 3.06. The van der Waals surface area contributed by atoms with Gasteiger partial charge in [0.25, 0.3) is 5.91 Å². The first kappa shape index (κ1) is 13.8. The highest BCUT2D eigenvalue weighted by Gasteiger charge is 2.10. The molecule has 0 bridgehead atoms. The number of hydrogen-bond donors (Lipinski definition) is 1. The molecule has 0 aliphatic carbocycles. The minimum absolute atomic E-state index is 0.0252. The molecule has 0 saturated carbocycles. The quantitative estimate of drug-likeness (QED) is 0.847. The van der Waals surface area contributed by atoms with Crippen LogP contribution in [-0.2, 0) is 6.42 Å². The molecule has 0 aromatic heterocycles. The second-order valence-corrected chi connectivity index (χ2v) is 5.10. The second-order valence-electron chi connectivity index (χ2n) is 5.10. The summed E-state index contributed by atoms with van der Waals surface area (Å²) in [6.07, 6.45) is 0.961. The monoisotopic (exact) mass is 233 g/mol. The second kappa shape index (κ2) is 5.85. The molecule has 2 heteroatoms. The van der Waals surface area contributed by atoms with Crippen LogP contribution in [0.1, 0.15) is 62.0 Å². The number of rotatable bonds is 4. The summed E-state index contributed by atoms with van der Waals surface area (Å²) in [5.74, 6) is 0.476. The molecule has 0 radical (unpaired) electrons. The Morgan fingerprint density at radius 1 is 1.18 bits per heavy atom. The van der Waals surface area contributed by atoms with E-state index in [2.05, 4.69) is 32.2 Å². The maximum absolute atomic E-state index is 12.0. The Morgan fingerprint density at radius 3 is 2.29 bits per heavy atom. The van der Waals surface area contributed by atoms with Crippen LogP contribution < -0.4 is 5.32 Å². The Hall–Kier alpha value is -1.31. The third-order valence-corrected chi connectivity index (χ3v) is 2.77. The molecule has 0 aliphatic heterocycles. The van der Waals surface area contributed by atoms with Crippen LogP contribution in [0.4, 0.5) is 0 Å². The molecule has 0 saturated heterocycles. The van der Waals surface area contributed by atoms with Crippen molar-refractivity contribution >= 4 is 5.91 Å². The molecule has 0 atom stereocenters. The number of hydrogen-bond acceptors (Lipinski definition) is 1. The smallest absolute Gasteiger partial charge is 0.251 e. The zero-order chi connectivity index (χ0) is 13.0. The molecule has 17 heavy (non-hydrogen) atoms. The molecule has 2 nitrogen and oxygen atoms in total. The van der Waals surface area contributed by atoms with Gasteiger partial charge >= 0.3 is 0 Å². The molecule has 1 amide bonds. The summed E-state index contributed by atoms with van der Waals surface area (Å²) in [6.45, 7) is 10.4. The minimum Gasteiger partial charge on any atom is -0.350 e. The Morgan fingerprint density at radius 2 is 1.82 bits per heavy atom. The van der Waals surface area contributed by atoms with Gasteiger partial charge in [-0.25, -0.2) is 0 Å². The number of carbonyl (C=O) groups is 1. The first-order chi connectivity index (χ1) is 7.93. The Labute approximate surface area is 104 Å². The third-order valence-electron chi connectivity index (χ3n) is 2.77. The minimum atomic E-state index is 0.0252. The van der Waals surface area contributed by atoms with E-state index in [1.807, 2.05) is 26.0 Å². The largest absolute Gasteiger partial charge is 0.350 e. The number of amides is 1. The highest BCUT2D eigenvalue weighted by Crippen LogP contribution is 2.19. The summed E-state index contributed by atoms with van der Waals surface area (Å²) in [4.78, 5) is 12.0. The molecular formula is C15H23NO. The van der Waals surface area contributed by atoms with Crippen molar-refractivity contribution in [1.29, 1.82) is 0 Å². The molecule has 1 N–H and O–H groups in total. The molecule has 1 rings (SSSR count). The van der Waals surface area contributed by atoms with E-state index in [1.165, 1.54) is 11.1 Å². The van der Waals surface area contributed by atoms with Crippen molar-refractivity contribution in [2.75, 3.05) is 0 Å². The van der Waals surface area contributed by atoms with E-state index >= 15 is 0 Å². The molecule has 0 heterocycles. The molecule has 0 aliphatic rings.